The van der Waals surface area contributed by atoms with Gasteiger partial charge in [-0.3, -0.25) is 0 Å². The highest BCUT2D eigenvalue weighted by atomic mass is 35.5. The largest absolute Gasteiger partial charge is 0.438 e. The molecule has 0 spiro atoms. The molecular weight excluding hydrogens is 445 g/mol. The van der Waals surface area contributed by atoms with Crippen LogP contribution in [0.1, 0.15) is 0 Å². The fourth-order valence-corrected chi connectivity index (χ4v) is 4.49. The molecule has 0 aliphatic rings. The zero-order valence-electron chi connectivity index (χ0n) is 14.7. The van der Waals surface area contributed by atoms with Crippen LogP contribution in [0.25, 0.3) is 32.8 Å². The van der Waals surface area contributed by atoms with Crippen molar-refractivity contribution in [3.05, 3.63) is 81.1 Å². The Labute approximate surface area is 183 Å². The molecule has 0 fully saturated rings. The first-order valence-corrected chi connectivity index (χ1v) is 11.1. The zero-order chi connectivity index (χ0) is 19.8. The Morgan fingerprint density at radius 3 is 2.55 bits per heavy atom. The van der Waals surface area contributed by atoms with Gasteiger partial charge in [-0.2, -0.15) is 4.99 Å². The summed E-state index contributed by atoms with van der Waals surface area (Å²) in [7, 11) is 0. The topological polar surface area (TPSA) is 51.3 Å². The number of aromatic nitrogens is 2. The molecule has 8 heteroatoms. The van der Waals surface area contributed by atoms with E-state index in [0.29, 0.717) is 26.3 Å². The Kier molecular flexibility index (Phi) is 4.93. The standard InChI is InChI=1S/C21H11Cl2N3OS2/c22-14-3-1-12(2-4-14)17-11-29-20(25-17)16-10-13-9-15(23)5-6-18(13)27-19(16)26-21-24-7-8-28-21/h1-11H. The van der Waals surface area contributed by atoms with Crippen LogP contribution in [0.4, 0.5) is 5.13 Å². The minimum atomic E-state index is 0.465. The molecule has 0 aliphatic heterocycles. The van der Waals surface area contributed by atoms with Crippen molar-refractivity contribution in [1.82, 2.24) is 9.97 Å². The van der Waals surface area contributed by atoms with Gasteiger partial charge in [0.1, 0.15) is 10.6 Å². The third kappa shape index (κ3) is 3.84. The lowest BCUT2D eigenvalue weighted by molar-refractivity contribution is 0.547. The fourth-order valence-electron chi connectivity index (χ4n) is 2.85. The summed E-state index contributed by atoms with van der Waals surface area (Å²) in [6, 6.07) is 15.1. The molecular formula is C21H11Cl2N3OS2. The predicted molar refractivity (Wildman–Crippen MR) is 120 cm³/mol. The van der Waals surface area contributed by atoms with Crippen LogP contribution in [0, 0.1) is 0 Å². The summed E-state index contributed by atoms with van der Waals surface area (Å²) in [6.45, 7) is 0. The number of rotatable bonds is 3. The van der Waals surface area contributed by atoms with Crippen molar-refractivity contribution in [2.45, 2.75) is 0 Å². The van der Waals surface area contributed by atoms with Gasteiger partial charge in [0.25, 0.3) is 0 Å². The molecule has 3 heterocycles. The SMILES string of the molecule is Clc1ccc(-c2csc(-c3cc4cc(Cl)ccc4oc3=Nc3nccs3)n2)cc1. The molecule has 0 radical (unpaired) electrons. The maximum absolute atomic E-state index is 6.17. The van der Waals surface area contributed by atoms with Crippen molar-refractivity contribution in [3.63, 3.8) is 0 Å². The first-order chi connectivity index (χ1) is 14.2. The molecule has 0 saturated carbocycles. The third-order valence-electron chi connectivity index (χ3n) is 4.20. The minimum Gasteiger partial charge on any atom is -0.438 e. The predicted octanol–water partition coefficient (Wildman–Crippen LogP) is 7.22. The maximum Gasteiger partial charge on any atom is 0.232 e. The lowest BCUT2D eigenvalue weighted by Crippen LogP contribution is -2.05. The molecule has 0 unspecified atom stereocenters. The van der Waals surface area contributed by atoms with Crippen molar-refractivity contribution < 1.29 is 4.42 Å². The Morgan fingerprint density at radius 2 is 1.76 bits per heavy atom. The van der Waals surface area contributed by atoms with Gasteiger partial charge in [-0.25, -0.2) is 9.97 Å². The van der Waals surface area contributed by atoms with E-state index in [1.165, 1.54) is 22.7 Å². The number of fused-ring (bicyclic) bond motifs is 1. The minimum absolute atomic E-state index is 0.465. The second kappa shape index (κ2) is 7.72. The molecule has 142 valence electrons. The number of nitrogens with zero attached hydrogens (tertiary/aromatic N) is 3. The van der Waals surface area contributed by atoms with E-state index in [-0.39, 0.29) is 0 Å². The second-order valence-electron chi connectivity index (χ2n) is 6.12. The number of hydrogen-bond acceptors (Lipinski definition) is 6. The van der Waals surface area contributed by atoms with E-state index in [1.54, 1.807) is 12.3 Å². The molecule has 0 N–H and O–H groups in total. The van der Waals surface area contributed by atoms with Gasteiger partial charge in [0, 0.05) is 38.0 Å². The van der Waals surface area contributed by atoms with Gasteiger partial charge in [0.05, 0.1) is 11.3 Å². The van der Waals surface area contributed by atoms with E-state index in [0.717, 1.165) is 27.2 Å². The summed E-state index contributed by atoms with van der Waals surface area (Å²) in [4.78, 5) is 13.6. The van der Waals surface area contributed by atoms with Gasteiger partial charge in [0.2, 0.25) is 10.7 Å². The van der Waals surface area contributed by atoms with Crippen molar-refractivity contribution in [3.8, 4) is 21.8 Å². The molecule has 3 aromatic heterocycles. The Morgan fingerprint density at radius 1 is 0.931 bits per heavy atom. The van der Waals surface area contributed by atoms with Gasteiger partial charge < -0.3 is 4.42 Å². The van der Waals surface area contributed by atoms with Crippen LogP contribution in [0.3, 0.4) is 0 Å². The van der Waals surface area contributed by atoms with Crippen molar-refractivity contribution in [2.24, 2.45) is 4.99 Å². The van der Waals surface area contributed by atoms with Crippen LogP contribution in [0.5, 0.6) is 0 Å². The second-order valence-corrected chi connectivity index (χ2v) is 8.72. The van der Waals surface area contributed by atoms with E-state index >= 15 is 0 Å². The number of hydrogen-bond donors (Lipinski definition) is 0. The summed E-state index contributed by atoms with van der Waals surface area (Å²) >= 11 is 15.1. The molecule has 0 atom stereocenters. The smallest absolute Gasteiger partial charge is 0.232 e. The van der Waals surface area contributed by atoms with Crippen LogP contribution >= 0.6 is 45.9 Å². The molecule has 5 aromatic rings. The van der Waals surface area contributed by atoms with E-state index in [9.17, 15) is 0 Å². The van der Waals surface area contributed by atoms with Crippen LogP contribution in [-0.2, 0) is 0 Å². The van der Waals surface area contributed by atoms with E-state index in [1.807, 2.05) is 53.2 Å². The number of halogens is 2. The maximum atomic E-state index is 6.17. The average molecular weight is 456 g/mol. The first-order valence-electron chi connectivity index (χ1n) is 8.55. The van der Waals surface area contributed by atoms with Gasteiger partial charge in [-0.05, 0) is 36.4 Å². The molecule has 0 amide bonds. The third-order valence-corrected chi connectivity index (χ3v) is 6.23. The Hall–Kier alpha value is -2.51. The van der Waals surface area contributed by atoms with E-state index in [4.69, 9.17) is 32.6 Å². The highest BCUT2D eigenvalue weighted by molar-refractivity contribution is 7.13. The number of thiazole rings is 2. The summed E-state index contributed by atoms with van der Waals surface area (Å²) in [6.07, 6.45) is 1.71. The summed E-state index contributed by atoms with van der Waals surface area (Å²) in [5.74, 6) is 0. The molecule has 2 aromatic carbocycles. The van der Waals surface area contributed by atoms with Crippen LogP contribution in [0.15, 0.2) is 74.9 Å². The van der Waals surface area contributed by atoms with Crippen molar-refractivity contribution >= 4 is 62.0 Å². The highest BCUT2D eigenvalue weighted by Crippen LogP contribution is 2.30. The molecule has 0 aliphatic carbocycles. The number of benzene rings is 2. The summed E-state index contributed by atoms with van der Waals surface area (Å²) in [5, 5.41) is 7.53. The van der Waals surface area contributed by atoms with Gasteiger partial charge in [-0.1, -0.05) is 35.3 Å². The highest BCUT2D eigenvalue weighted by Gasteiger charge is 2.13. The van der Waals surface area contributed by atoms with E-state index in [2.05, 4.69) is 9.98 Å². The normalized spacial score (nSPS) is 12.0. The zero-order valence-corrected chi connectivity index (χ0v) is 17.8. The molecule has 0 saturated heterocycles. The lowest BCUT2D eigenvalue weighted by atomic mass is 10.1. The fraction of sp³-hybridized carbons (Fsp3) is 0. The van der Waals surface area contributed by atoms with Crippen LogP contribution in [-0.4, -0.2) is 9.97 Å². The Bertz CT molecular complexity index is 1370. The van der Waals surface area contributed by atoms with Crippen molar-refractivity contribution in [2.75, 3.05) is 0 Å². The summed E-state index contributed by atoms with van der Waals surface area (Å²) < 4.78 is 6.10. The molecule has 29 heavy (non-hydrogen) atoms. The van der Waals surface area contributed by atoms with E-state index < -0.39 is 0 Å². The molecule has 0 bridgehead atoms. The Balaban J connectivity index is 1.70. The average Bonchev–Trinajstić information content (AvgIpc) is 3.40. The monoisotopic (exact) mass is 455 g/mol. The molecule has 4 nitrogen and oxygen atoms in total. The molecule has 5 rings (SSSR count). The van der Waals surface area contributed by atoms with Gasteiger partial charge in [-0.15, -0.1) is 22.7 Å². The lowest BCUT2D eigenvalue weighted by Gasteiger charge is -2.03. The summed E-state index contributed by atoms with van der Waals surface area (Å²) in [5.41, 5.74) is 3.82. The van der Waals surface area contributed by atoms with Crippen LogP contribution in [0.2, 0.25) is 10.0 Å². The van der Waals surface area contributed by atoms with Crippen LogP contribution < -0.4 is 5.55 Å². The van der Waals surface area contributed by atoms with Gasteiger partial charge >= 0.3 is 0 Å². The van der Waals surface area contributed by atoms with Crippen molar-refractivity contribution in [1.29, 1.82) is 0 Å². The first kappa shape index (κ1) is 18.5. The quantitative estimate of drug-likeness (QED) is 0.288. The van der Waals surface area contributed by atoms with Gasteiger partial charge in [0.15, 0.2) is 0 Å².